The van der Waals surface area contributed by atoms with Crippen LogP contribution in [0.4, 0.5) is 5.82 Å². The van der Waals surface area contributed by atoms with Gasteiger partial charge in [-0.3, -0.25) is 0 Å². The van der Waals surface area contributed by atoms with E-state index >= 15 is 0 Å². The SMILES string of the molecule is CCCCc1nc2c(N)nc3ccccc3c2n1Cc1ccc(CNCC2CC2C)cc1. The lowest BCUT2D eigenvalue weighted by Gasteiger charge is -2.12. The Hall–Kier alpha value is -2.92. The highest BCUT2D eigenvalue weighted by Gasteiger charge is 2.31. The number of hydrogen-bond acceptors (Lipinski definition) is 4. The fourth-order valence-electron chi connectivity index (χ4n) is 4.63. The molecule has 0 saturated heterocycles. The van der Waals surface area contributed by atoms with Gasteiger partial charge in [0.25, 0.3) is 0 Å². The Bertz CT molecular complexity index is 1220. The monoisotopic (exact) mass is 427 g/mol. The van der Waals surface area contributed by atoms with Crippen molar-refractivity contribution in [2.75, 3.05) is 12.3 Å². The van der Waals surface area contributed by atoms with Crippen LogP contribution in [0.15, 0.2) is 48.5 Å². The summed E-state index contributed by atoms with van der Waals surface area (Å²) < 4.78 is 2.35. The van der Waals surface area contributed by atoms with Crippen LogP contribution in [-0.2, 0) is 19.5 Å². The number of aromatic nitrogens is 3. The Morgan fingerprint density at radius 3 is 2.56 bits per heavy atom. The molecule has 32 heavy (non-hydrogen) atoms. The van der Waals surface area contributed by atoms with Crippen LogP contribution in [0.3, 0.4) is 0 Å². The minimum Gasteiger partial charge on any atom is -0.382 e. The second kappa shape index (κ2) is 8.91. The summed E-state index contributed by atoms with van der Waals surface area (Å²) in [4.78, 5) is 9.55. The van der Waals surface area contributed by atoms with Gasteiger partial charge in [0.1, 0.15) is 11.3 Å². The van der Waals surface area contributed by atoms with Gasteiger partial charge in [-0.1, -0.05) is 62.7 Å². The fourth-order valence-corrected chi connectivity index (χ4v) is 4.63. The number of nitrogen functional groups attached to an aromatic ring is 1. The summed E-state index contributed by atoms with van der Waals surface area (Å²) >= 11 is 0. The third-order valence-electron chi connectivity index (χ3n) is 6.82. The maximum atomic E-state index is 6.33. The van der Waals surface area contributed by atoms with Gasteiger partial charge in [0.05, 0.1) is 11.0 Å². The molecule has 1 aliphatic rings. The zero-order valence-electron chi connectivity index (χ0n) is 19.1. The number of benzene rings is 2. The van der Waals surface area contributed by atoms with Crippen LogP contribution < -0.4 is 11.1 Å². The number of fused-ring (bicyclic) bond motifs is 3. The minimum atomic E-state index is 0.515. The summed E-state index contributed by atoms with van der Waals surface area (Å²) in [6, 6.07) is 17.2. The molecule has 5 nitrogen and oxygen atoms in total. The van der Waals surface area contributed by atoms with E-state index < -0.39 is 0 Å². The summed E-state index contributed by atoms with van der Waals surface area (Å²) in [7, 11) is 0. The van der Waals surface area contributed by atoms with Gasteiger partial charge >= 0.3 is 0 Å². The molecule has 5 rings (SSSR count). The van der Waals surface area contributed by atoms with E-state index in [0.717, 1.165) is 78.5 Å². The number of nitrogens with zero attached hydrogens (tertiary/aromatic N) is 3. The molecule has 0 spiro atoms. The van der Waals surface area contributed by atoms with Gasteiger partial charge in [-0.05, 0) is 48.4 Å². The summed E-state index contributed by atoms with van der Waals surface area (Å²) in [6.07, 6.45) is 4.57. The first-order chi connectivity index (χ1) is 15.6. The average Bonchev–Trinajstić information content (AvgIpc) is 3.38. The van der Waals surface area contributed by atoms with Crippen LogP contribution in [0.25, 0.3) is 21.9 Å². The Morgan fingerprint density at radius 1 is 1.06 bits per heavy atom. The number of imidazole rings is 1. The Balaban J connectivity index is 1.44. The Kier molecular flexibility index (Phi) is 5.83. The van der Waals surface area contributed by atoms with Crippen LogP contribution >= 0.6 is 0 Å². The smallest absolute Gasteiger partial charge is 0.152 e. The number of anilines is 1. The number of para-hydroxylation sites is 1. The van der Waals surface area contributed by atoms with Crippen molar-refractivity contribution >= 4 is 27.8 Å². The molecule has 5 heteroatoms. The molecule has 2 unspecified atom stereocenters. The first-order valence-corrected chi connectivity index (χ1v) is 12.0. The molecule has 0 aliphatic heterocycles. The molecule has 3 N–H and O–H groups in total. The summed E-state index contributed by atoms with van der Waals surface area (Å²) in [5, 5.41) is 4.72. The number of aryl methyl sites for hydroxylation is 1. The highest BCUT2D eigenvalue weighted by molar-refractivity contribution is 6.06. The average molecular weight is 428 g/mol. The molecule has 1 saturated carbocycles. The van der Waals surface area contributed by atoms with Crippen molar-refractivity contribution < 1.29 is 0 Å². The third kappa shape index (κ3) is 4.22. The van der Waals surface area contributed by atoms with Gasteiger partial charge in [0.2, 0.25) is 0 Å². The Morgan fingerprint density at radius 2 is 1.81 bits per heavy atom. The van der Waals surface area contributed by atoms with Gasteiger partial charge in [0.15, 0.2) is 5.82 Å². The molecule has 0 amide bonds. The number of pyridine rings is 1. The topological polar surface area (TPSA) is 68.8 Å². The number of hydrogen-bond donors (Lipinski definition) is 2. The zero-order chi connectivity index (χ0) is 22.1. The number of nitrogens with one attached hydrogen (secondary N) is 1. The molecule has 2 aromatic carbocycles. The fraction of sp³-hybridized carbons (Fsp3) is 0.407. The number of rotatable bonds is 9. The predicted molar refractivity (Wildman–Crippen MR) is 133 cm³/mol. The van der Waals surface area contributed by atoms with E-state index in [9.17, 15) is 0 Å². The molecule has 166 valence electrons. The van der Waals surface area contributed by atoms with Gasteiger partial charge in [0, 0.05) is 24.9 Å². The van der Waals surface area contributed by atoms with Crippen molar-refractivity contribution in [3.05, 3.63) is 65.5 Å². The van der Waals surface area contributed by atoms with E-state index in [-0.39, 0.29) is 0 Å². The van der Waals surface area contributed by atoms with Crippen molar-refractivity contribution in [3.63, 3.8) is 0 Å². The molecule has 1 fully saturated rings. The molecule has 0 radical (unpaired) electrons. The van der Waals surface area contributed by atoms with Gasteiger partial charge in [-0.2, -0.15) is 0 Å². The molecule has 1 aliphatic carbocycles. The van der Waals surface area contributed by atoms with Crippen molar-refractivity contribution in [2.24, 2.45) is 11.8 Å². The van der Waals surface area contributed by atoms with Crippen molar-refractivity contribution in [1.29, 1.82) is 0 Å². The van der Waals surface area contributed by atoms with E-state index in [0.29, 0.717) is 5.82 Å². The van der Waals surface area contributed by atoms with E-state index in [2.05, 4.69) is 65.1 Å². The molecular formula is C27H33N5. The van der Waals surface area contributed by atoms with Crippen LogP contribution in [0.1, 0.15) is 50.1 Å². The van der Waals surface area contributed by atoms with Gasteiger partial charge < -0.3 is 15.6 Å². The molecular weight excluding hydrogens is 394 g/mol. The van der Waals surface area contributed by atoms with Crippen LogP contribution in [-0.4, -0.2) is 21.1 Å². The lowest BCUT2D eigenvalue weighted by Crippen LogP contribution is -2.16. The second-order valence-corrected chi connectivity index (χ2v) is 9.35. The third-order valence-corrected chi connectivity index (χ3v) is 6.82. The van der Waals surface area contributed by atoms with Gasteiger partial charge in [-0.15, -0.1) is 0 Å². The summed E-state index contributed by atoms with van der Waals surface area (Å²) in [5.74, 6) is 3.39. The lowest BCUT2D eigenvalue weighted by molar-refractivity contribution is 0.612. The molecule has 4 aromatic rings. The van der Waals surface area contributed by atoms with Crippen molar-refractivity contribution in [3.8, 4) is 0 Å². The van der Waals surface area contributed by atoms with Crippen molar-refractivity contribution in [2.45, 2.75) is 52.6 Å². The first-order valence-electron chi connectivity index (χ1n) is 12.0. The second-order valence-electron chi connectivity index (χ2n) is 9.35. The minimum absolute atomic E-state index is 0.515. The van der Waals surface area contributed by atoms with E-state index in [1.807, 2.05) is 12.1 Å². The highest BCUT2D eigenvalue weighted by Crippen LogP contribution is 2.36. The maximum absolute atomic E-state index is 6.33. The van der Waals surface area contributed by atoms with E-state index in [1.165, 1.54) is 17.5 Å². The first kappa shape index (κ1) is 21.0. The van der Waals surface area contributed by atoms with Gasteiger partial charge in [-0.25, -0.2) is 9.97 Å². The van der Waals surface area contributed by atoms with E-state index in [4.69, 9.17) is 10.7 Å². The standard InChI is InChI=1S/C27H33N5/c1-3-4-9-24-31-25-26(22-7-5-6-8-23(22)30-27(25)28)32(24)17-20-12-10-19(11-13-20)15-29-16-21-14-18(21)2/h5-8,10-13,18,21,29H,3-4,9,14-17H2,1-2H3,(H2,28,30). The van der Waals surface area contributed by atoms with E-state index in [1.54, 1.807) is 0 Å². The highest BCUT2D eigenvalue weighted by atomic mass is 15.1. The molecule has 2 aromatic heterocycles. The van der Waals surface area contributed by atoms with Crippen LogP contribution in [0.5, 0.6) is 0 Å². The largest absolute Gasteiger partial charge is 0.382 e. The quantitative estimate of drug-likeness (QED) is 0.380. The molecule has 0 bridgehead atoms. The molecule has 2 atom stereocenters. The van der Waals surface area contributed by atoms with Crippen LogP contribution in [0, 0.1) is 11.8 Å². The van der Waals surface area contributed by atoms with Crippen molar-refractivity contribution in [1.82, 2.24) is 19.9 Å². The predicted octanol–water partition coefficient (Wildman–Crippen LogP) is 5.30. The maximum Gasteiger partial charge on any atom is 0.152 e. The summed E-state index contributed by atoms with van der Waals surface area (Å²) in [5.41, 5.74) is 11.8. The normalized spacial score (nSPS) is 17.9. The molecule has 2 heterocycles. The Labute approximate surface area is 190 Å². The number of unbranched alkanes of at least 4 members (excludes halogenated alkanes) is 1. The number of nitrogens with two attached hydrogens (primary N) is 1. The zero-order valence-corrected chi connectivity index (χ0v) is 19.1. The van der Waals surface area contributed by atoms with Crippen LogP contribution in [0.2, 0.25) is 0 Å². The summed E-state index contributed by atoms with van der Waals surface area (Å²) in [6.45, 7) is 7.41. The lowest BCUT2D eigenvalue weighted by atomic mass is 10.1.